The lowest BCUT2D eigenvalue weighted by Gasteiger charge is -2.42. The molecule has 482 valence electrons. The standard InChI is InChI=1S/C71H114O14/c1-3-5-7-9-11-13-15-17-19-21-23-25-27-29-31-33-35-37-39-41-43-45-47-49-51-53-55-80-57-60(58-81-70-69(79)67(77)65(75)62(85-70)59-82-71-68(78)66(76)64(74)61(56-72)84-71)83-63(73)54-52-50-48-46-44-42-40-38-36-34-32-30-28-26-24-22-20-18-16-14-12-10-8-6-4-2/h5-8,11-14,17-20,23-26,29-32,36,38,42,44,60-62,64-72,74-79H,3-4,9-10,15-16,21-22,27-28,33-35,37,39-41,43,45-59H2,1-2H3/b7-5-,8-6-,13-11-,14-12-,19-17-,20-18-,25-23-,26-24-,31-29-,32-30-,38-36-,44-42-. The summed E-state index contributed by atoms with van der Waals surface area (Å²) in [6.45, 7) is 3.39. The molecule has 11 unspecified atom stereocenters. The first kappa shape index (κ1) is 77.0. The first-order valence-electron chi connectivity index (χ1n) is 32.4. The average Bonchev–Trinajstić information content (AvgIpc) is 3.68. The van der Waals surface area contributed by atoms with E-state index in [0.29, 0.717) is 13.0 Å². The summed E-state index contributed by atoms with van der Waals surface area (Å²) in [4.78, 5) is 13.1. The average molecular weight is 1190 g/mol. The Morgan fingerprint density at radius 3 is 1.14 bits per heavy atom. The number of carbonyl (C=O) groups excluding carboxylic acids is 1. The Bertz CT molecular complexity index is 1960. The highest BCUT2D eigenvalue weighted by Gasteiger charge is 2.47. The number of hydrogen-bond donors (Lipinski definition) is 7. The fourth-order valence-corrected chi connectivity index (χ4v) is 9.23. The van der Waals surface area contributed by atoms with Crippen LogP contribution in [0.15, 0.2) is 146 Å². The van der Waals surface area contributed by atoms with E-state index in [0.717, 1.165) is 122 Å². The Labute approximate surface area is 512 Å². The van der Waals surface area contributed by atoms with E-state index in [9.17, 15) is 40.5 Å². The van der Waals surface area contributed by atoms with E-state index < -0.39 is 86.7 Å². The van der Waals surface area contributed by atoms with Gasteiger partial charge in [0.05, 0.1) is 26.4 Å². The van der Waals surface area contributed by atoms with Crippen molar-refractivity contribution in [3.8, 4) is 0 Å². The molecule has 2 fully saturated rings. The lowest BCUT2D eigenvalue weighted by Crippen LogP contribution is -2.61. The van der Waals surface area contributed by atoms with Gasteiger partial charge >= 0.3 is 5.97 Å². The number of allylic oxidation sites excluding steroid dienone is 24. The van der Waals surface area contributed by atoms with Gasteiger partial charge in [0.15, 0.2) is 12.6 Å². The number of esters is 1. The minimum Gasteiger partial charge on any atom is -0.457 e. The van der Waals surface area contributed by atoms with Crippen molar-refractivity contribution < 1.29 is 69.0 Å². The Morgan fingerprint density at radius 2 is 0.729 bits per heavy atom. The molecule has 85 heavy (non-hydrogen) atoms. The molecular formula is C71H114O14. The Kier molecular flexibility index (Phi) is 50.0. The van der Waals surface area contributed by atoms with Gasteiger partial charge in [0.2, 0.25) is 0 Å². The molecule has 14 nitrogen and oxygen atoms in total. The van der Waals surface area contributed by atoms with Crippen molar-refractivity contribution in [2.24, 2.45) is 0 Å². The molecule has 2 aliphatic rings. The van der Waals surface area contributed by atoms with Gasteiger partial charge in [-0.25, -0.2) is 0 Å². The first-order chi connectivity index (χ1) is 41.6. The van der Waals surface area contributed by atoms with Crippen LogP contribution in [-0.2, 0) is 33.2 Å². The van der Waals surface area contributed by atoms with E-state index in [1.54, 1.807) is 0 Å². The van der Waals surface area contributed by atoms with Crippen LogP contribution >= 0.6 is 0 Å². The molecule has 0 spiro atoms. The molecular weight excluding hydrogens is 1080 g/mol. The van der Waals surface area contributed by atoms with E-state index in [1.165, 1.54) is 44.9 Å². The second-order valence-corrected chi connectivity index (χ2v) is 21.8. The number of rotatable bonds is 51. The molecule has 0 radical (unpaired) electrons. The normalized spacial score (nSPS) is 24.2. The lowest BCUT2D eigenvalue weighted by atomic mass is 9.98. The van der Waals surface area contributed by atoms with E-state index >= 15 is 0 Å². The molecule has 14 heteroatoms. The Morgan fingerprint density at radius 1 is 0.388 bits per heavy atom. The third-order valence-corrected chi connectivity index (χ3v) is 14.3. The summed E-state index contributed by atoms with van der Waals surface area (Å²) in [6.07, 6.45) is 64.7. The van der Waals surface area contributed by atoms with Gasteiger partial charge in [-0.2, -0.15) is 0 Å². The minimum absolute atomic E-state index is 0.0338. The molecule has 2 rings (SSSR count). The van der Waals surface area contributed by atoms with Crippen molar-refractivity contribution in [3.63, 3.8) is 0 Å². The summed E-state index contributed by atoms with van der Waals surface area (Å²) in [7, 11) is 0. The highest BCUT2D eigenvalue weighted by Crippen LogP contribution is 2.27. The van der Waals surface area contributed by atoms with E-state index in [1.807, 2.05) is 0 Å². The lowest BCUT2D eigenvalue weighted by molar-refractivity contribution is -0.332. The third kappa shape index (κ3) is 40.9. The molecule has 0 aromatic rings. The van der Waals surface area contributed by atoms with Gasteiger partial charge < -0.3 is 64.2 Å². The zero-order valence-corrected chi connectivity index (χ0v) is 52.0. The number of hydrogen-bond acceptors (Lipinski definition) is 14. The smallest absolute Gasteiger partial charge is 0.306 e. The van der Waals surface area contributed by atoms with E-state index in [-0.39, 0.29) is 19.6 Å². The van der Waals surface area contributed by atoms with Crippen molar-refractivity contribution in [2.45, 2.75) is 261 Å². The van der Waals surface area contributed by atoms with Crippen molar-refractivity contribution in [1.82, 2.24) is 0 Å². The van der Waals surface area contributed by atoms with Crippen LogP contribution in [0.4, 0.5) is 0 Å². The highest BCUT2D eigenvalue weighted by atomic mass is 16.7. The number of ether oxygens (including phenoxy) is 6. The molecule has 7 N–H and O–H groups in total. The second kappa shape index (κ2) is 55.2. The van der Waals surface area contributed by atoms with Crippen LogP contribution in [0.25, 0.3) is 0 Å². The van der Waals surface area contributed by atoms with Gasteiger partial charge in [-0.15, -0.1) is 0 Å². The largest absolute Gasteiger partial charge is 0.457 e. The number of aliphatic hydroxyl groups is 7. The van der Waals surface area contributed by atoms with Crippen LogP contribution in [0, 0.1) is 0 Å². The first-order valence-corrected chi connectivity index (χ1v) is 32.4. The monoisotopic (exact) mass is 1190 g/mol. The summed E-state index contributed by atoms with van der Waals surface area (Å²) in [6, 6.07) is 0. The van der Waals surface area contributed by atoms with Gasteiger partial charge in [-0.3, -0.25) is 4.79 Å². The molecule has 0 aromatic heterocycles. The fourth-order valence-electron chi connectivity index (χ4n) is 9.23. The number of aliphatic hydroxyl groups excluding tert-OH is 7. The van der Waals surface area contributed by atoms with Gasteiger partial charge in [-0.1, -0.05) is 217 Å². The van der Waals surface area contributed by atoms with Gasteiger partial charge in [0, 0.05) is 13.0 Å². The molecule has 2 saturated heterocycles. The molecule has 0 aromatic carbocycles. The predicted octanol–water partition coefficient (Wildman–Crippen LogP) is 13.2. The third-order valence-electron chi connectivity index (χ3n) is 14.3. The maximum absolute atomic E-state index is 13.1. The number of carbonyl (C=O) groups is 1. The minimum atomic E-state index is -1.73. The van der Waals surface area contributed by atoms with Crippen LogP contribution in [0.3, 0.4) is 0 Å². The Hall–Kier alpha value is -4.13. The zero-order chi connectivity index (χ0) is 61.5. The van der Waals surface area contributed by atoms with Crippen LogP contribution in [0.5, 0.6) is 0 Å². The highest BCUT2D eigenvalue weighted by molar-refractivity contribution is 5.69. The summed E-state index contributed by atoms with van der Waals surface area (Å²) in [5.74, 6) is -0.415. The van der Waals surface area contributed by atoms with Gasteiger partial charge in [0.1, 0.15) is 54.9 Å². The van der Waals surface area contributed by atoms with Gasteiger partial charge in [0.25, 0.3) is 0 Å². The molecule has 0 aliphatic carbocycles. The predicted molar refractivity (Wildman–Crippen MR) is 343 cm³/mol. The summed E-state index contributed by atoms with van der Waals surface area (Å²) in [5, 5.41) is 72.6. The maximum Gasteiger partial charge on any atom is 0.306 e. The second-order valence-electron chi connectivity index (χ2n) is 21.8. The van der Waals surface area contributed by atoms with Crippen LogP contribution in [-0.4, -0.2) is 142 Å². The molecule has 2 heterocycles. The van der Waals surface area contributed by atoms with Crippen LogP contribution in [0.1, 0.15) is 194 Å². The van der Waals surface area contributed by atoms with Crippen molar-refractivity contribution in [3.05, 3.63) is 146 Å². The Balaban J connectivity index is 1.70. The number of unbranched alkanes of at least 4 members (excludes halogenated alkanes) is 13. The molecule has 0 amide bonds. The van der Waals surface area contributed by atoms with E-state index in [2.05, 4.69) is 160 Å². The molecule has 11 atom stereocenters. The maximum atomic E-state index is 13.1. The summed E-state index contributed by atoms with van der Waals surface area (Å²) >= 11 is 0. The van der Waals surface area contributed by atoms with Crippen LogP contribution < -0.4 is 0 Å². The van der Waals surface area contributed by atoms with Crippen molar-refractivity contribution in [2.75, 3.05) is 33.0 Å². The van der Waals surface area contributed by atoms with Crippen LogP contribution in [0.2, 0.25) is 0 Å². The molecule has 2 aliphatic heterocycles. The quantitative estimate of drug-likeness (QED) is 0.0172. The molecule has 0 saturated carbocycles. The summed E-state index contributed by atoms with van der Waals surface area (Å²) < 4.78 is 34.4. The summed E-state index contributed by atoms with van der Waals surface area (Å²) in [5.41, 5.74) is 0. The molecule has 0 bridgehead atoms. The SMILES string of the molecule is CC/C=C\C/C=C\C/C=C\C/C=C\C/C=C\C/C=C\C/C=C\CCCCCC(=O)OC(COCCCCCCCCCCCC/C=C\C/C=C\C/C=C\C/C=C\C/C=C\CC)COC1OC(COC2OC(CO)C(O)C(O)C2O)C(O)C(O)C1O. The van der Waals surface area contributed by atoms with E-state index in [4.69, 9.17) is 28.4 Å². The topological polar surface area (TPSA) is 214 Å². The fraction of sp³-hybridized carbons (Fsp3) is 0.648. The van der Waals surface area contributed by atoms with Crippen molar-refractivity contribution in [1.29, 1.82) is 0 Å². The van der Waals surface area contributed by atoms with Crippen molar-refractivity contribution >= 4 is 5.97 Å². The zero-order valence-electron chi connectivity index (χ0n) is 52.0. The van der Waals surface area contributed by atoms with Gasteiger partial charge in [-0.05, 0) is 116 Å².